The molecule has 7 nitrogen and oxygen atoms in total. The van der Waals surface area contributed by atoms with Crippen molar-refractivity contribution in [2.24, 2.45) is 0 Å². The number of nitrogens with zero attached hydrogens (tertiary/aromatic N) is 2. The Morgan fingerprint density at radius 1 is 1.06 bits per heavy atom. The van der Waals surface area contributed by atoms with E-state index in [1.165, 1.54) is 4.90 Å². The summed E-state index contributed by atoms with van der Waals surface area (Å²) in [4.78, 5) is 27.9. The molecule has 2 aromatic rings. The summed E-state index contributed by atoms with van der Waals surface area (Å²) in [7, 11) is -3.79. The van der Waals surface area contributed by atoms with E-state index >= 15 is 0 Å². The second kappa shape index (κ2) is 11.6. The van der Waals surface area contributed by atoms with E-state index in [-0.39, 0.29) is 12.5 Å². The molecule has 0 aliphatic rings. The molecule has 0 aromatic heterocycles. The third-order valence-corrected chi connectivity index (χ3v) is 7.06. The lowest BCUT2D eigenvalue weighted by Crippen LogP contribution is -2.54. The molecule has 10 heteroatoms. The summed E-state index contributed by atoms with van der Waals surface area (Å²) in [6, 6.07) is 11.0. The Morgan fingerprint density at radius 2 is 1.66 bits per heavy atom. The molecule has 0 saturated carbocycles. The molecule has 0 heterocycles. The van der Waals surface area contributed by atoms with E-state index in [0.29, 0.717) is 21.3 Å². The zero-order valence-corrected chi connectivity index (χ0v) is 23.3. The quantitative estimate of drug-likeness (QED) is 0.500. The molecular weight excluding hydrogens is 509 g/mol. The number of carbonyl (C=O) groups is 2. The SMILES string of the molecule is CCc1ccc(N(CC(=O)N(Cc2ccc(Cl)cc2Cl)C(C)C(=O)NC(C)(C)C)S(C)(=O)=O)cc1. The van der Waals surface area contributed by atoms with Gasteiger partial charge < -0.3 is 10.2 Å². The fraction of sp³-hybridized carbons (Fsp3) is 0.440. The van der Waals surface area contributed by atoms with Crippen LogP contribution >= 0.6 is 23.2 Å². The van der Waals surface area contributed by atoms with Crippen molar-refractivity contribution < 1.29 is 18.0 Å². The summed E-state index contributed by atoms with van der Waals surface area (Å²) >= 11 is 12.4. The van der Waals surface area contributed by atoms with Crippen LogP contribution in [0.2, 0.25) is 10.0 Å². The number of benzene rings is 2. The Bertz CT molecular complexity index is 1160. The van der Waals surface area contributed by atoms with Crippen LogP contribution in [0.5, 0.6) is 0 Å². The van der Waals surface area contributed by atoms with Crippen molar-refractivity contribution in [2.45, 2.75) is 59.2 Å². The molecule has 0 fully saturated rings. The second-order valence-electron chi connectivity index (χ2n) is 9.46. The van der Waals surface area contributed by atoms with E-state index < -0.39 is 34.1 Å². The lowest BCUT2D eigenvalue weighted by Gasteiger charge is -2.33. The topological polar surface area (TPSA) is 86.8 Å². The molecule has 1 N–H and O–H groups in total. The van der Waals surface area contributed by atoms with Crippen LogP contribution in [0, 0.1) is 0 Å². The molecule has 0 saturated heterocycles. The van der Waals surface area contributed by atoms with Crippen molar-refractivity contribution in [3.63, 3.8) is 0 Å². The maximum absolute atomic E-state index is 13.6. The average Bonchev–Trinajstić information content (AvgIpc) is 2.74. The molecule has 0 aliphatic carbocycles. The Hall–Kier alpha value is -2.29. The smallest absolute Gasteiger partial charge is 0.244 e. The van der Waals surface area contributed by atoms with Gasteiger partial charge in [0.2, 0.25) is 21.8 Å². The van der Waals surface area contributed by atoms with Gasteiger partial charge in [-0.25, -0.2) is 8.42 Å². The molecule has 35 heavy (non-hydrogen) atoms. The summed E-state index contributed by atoms with van der Waals surface area (Å²) in [5.74, 6) is -0.910. The normalized spacial score (nSPS) is 12.7. The largest absolute Gasteiger partial charge is 0.350 e. The first-order chi connectivity index (χ1) is 16.1. The predicted molar refractivity (Wildman–Crippen MR) is 142 cm³/mol. The number of aryl methyl sites for hydroxylation is 1. The van der Waals surface area contributed by atoms with Crippen molar-refractivity contribution in [3.05, 3.63) is 63.6 Å². The number of rotatable bonds is 9. The van der Waals surface area contributed by atoms with Gasteiger partial charge in [0, 0.05) is 22.1 Å². The van der Waals surface area contributed by atoms with E-state index in [2.05, 4.69) is 5.32 Å². The predicted octanol–water partition coefficient (Wildman–Crippen LogP) is 4.65. The first kappa shape index (κ1) is 28.9. The van der Waals surface area contributed by atoms with Crippen molar-refractivity contribution in [3.8, 4) is 0 Å². The van der Waals surface area contributed by atoms with Crippen LogP contribution in [0.15, 0.2) is 42.5 Å². The van der Waals surface area contributed by atoms with Crippen LogP contribution in [0.4, 0.5) is 5.69 Å². The zero-order valence-electron chi connectivity index (χ0n) is 20.9. The van der Waals surface area contributed by atoms with Crippen molar-refractivity contribution in [1.29, 1.82) is 0 Å². The molecule has 2 amide bonds. The zero-order chi connectivity index (χ0) is 26.6. The highest BCUT2D eigenvalue weighted by atomic mass is 35.5. The minimum Gasteiger partial charge on any atom is -0.350 e. The third-order valence-electron chi connectivity index (χ3n) is 5.33. The molecule has 1 unspecified atom stereocenters. The lowest BCUT2D eigenvalue weighted by molar-refractivity contribution is -0.140. The summed E-state index contributed by atoms with van der Waals surface area (Å²) < 4.78 is 26.3. The summed E-state index contributed by atoms with van der Waals surface area (Å²) in [6.07, 6.45) is 1.85. The summed E-state index contributed by atoms with van der Waals surface area (Å²) in [5.41, 5.74) is 1.48. The van der Waals surface area contributed by atoms with Crippen LogP contribution in [0.25, 0.3) is 0 Å². The van der Waals surface area contributed by atoms with Gasteiger partial charge in [0.15, 0.2) is 0 Å². The molecule has 0 bridgehead atoms. The standard InChI is InChI=1S/C25H33Cl2N3O4S/c1-7-18-8-12-21(13-9-18)30(35(6,33)34)16-23(31)29(17(2)24(32)28-25(3,4)5)15-19-10-11-20(26)14-22(19)27/h8-14,17H,7,15-16H2,1-6H3,(H,28,32). The van der Waals surface area contributed by atoms with E-state index in [9.17, 15) is 18.0 Å². The number of nitrogens with one attached hydrogen (secondary N) is 1. The van der Waals surface area contributed by atoms with Gasteiger partial charge in [0.05, 0.1) is 11.9 Å². The van der Waals surface area contributed by atoms with Gasteiger partial charge in [-0.2, -0.15) is 0 Å². The summed E-state index contributed by atoms with van der Waals surface area (Å²) in [6.45, 7) is 8.64. The molecule has 2 rings (SSSR count). The molecule has 2 aromatic carbocycles. The highest BCUT2D eigenvalue weighted by Crippen LogP contribution is 2.24. The van der Waals surface area contributed by atoms with E-state index in [4.69, 9.17) is 23.2 Å². The van der Waals surface area contributed by atoms with E-state index in [1.807, 2.05) is 39.8 Å². The monoisotopic (exact) mass is 541 g/mol. The number of anilines is 1. The third kappa shape index (κ3) is 8.40. The van der Waals surface area contributed by atoms with Crippen LogP contribution in [0.1, 0.15) is 45.7 Å². The maximum atomic E-state index is 13.6. The van der Waals surface area contributed by atoms with Gasteiger partial charge in [-0.05, 0) is 69.5 Å². The van der Waals surface area contributed by atoms with Gasteiger partial charge in [0.25, 0.3) is 0 Å². The van der Waals surface area contributed by atoms with E-state index in [1.54, 1.807) is 37.3 Å². The van der Waals surface area contributed by atoms with Crippen molar-refractivity contribution in [2.75, 3.05) is 17.1 Å². The average molecular weight is 543 g/mol. The van der Waals surface area contributed by atoms with Crippen LogP contribution in [0.3, 0.4) is 0 Å². The number of amides is 2. The summed E-state index contributed by atoms with van der Waals surface area (Å²) in [5, 5.41) is 3.65. The fourth-order valence-electron chi connectivity index (χ4n) is 3.40. The van der Waals surface area contributed by atoms with Crippen molar-refractivity contribution in [1.82, 2.24) is 10.2 Å². The number of hydrogen-bond acceptors (Lipinski definition) is 4. The van der Waals surface area contributed by atoms with Crippen LogP contribution in [-0.4, -0.2) is 49.5 Å². The van der Waals surface area contributed by atoms with Gasteiger partial charge in [-0.15, -0.1) is 0 Å². The molecule has 192 valence electrons. The van der Waals surface area contributed by atoms with Crippen LogP contribution in [-0.2, 0) is 32.6 Å². The first-order valence-corrected chi connectivity index (χ1v) is 13.8. The number of sulfonamides is 1. The lowest BCUT2D eigenvalue weighted by atomic mass is 10.1. The molecule has 0 spiro atoms. The highest BCUT2D eigenvalue weighted by molar-refractivity contribution is 7.92. The highest BCUT2D eigenvalue weighted by Gasteiger charge is 2.31. The number of hydrogen-bond donors (Lipinski definition) is 1. The Morgan fingerprint density at radius 3 is 2.14 bits per heavy atom. The van der Waals surface area contributed by atoms with Gasteiger partial charge in [-0.3, -0.25) is 13.9 Å². The molecule has 0 aliphatic heterocycles. The first-order valence-electron chi connectivity index (χ1n) is 11.2. The Kier molecular flexibility index (Phi) is 9.62. The van der Waals surface area contributed by atoms with Crippen molar-refractivity contribution >= 4 is 50.7 Å². The minimum absolute atomic E-state index is 0.0000600. The van der Waals surface area contributed by atoms with Gasteiger partial charge >= 0.3 is 0 Å². The Balaban J connectivity index is 2.43. The fourth-order valence-corrected chi connectivity index (χ4v) is 4.72. The molecular formula is C25H33Cl2N3O4S. The minimum atomic E-state index is -3.79. The molecule has 0 radical (unpaired) electrons. The number of halogens is 2. The van der Waals surface area contributed by atoms with Gasteiger partial charge in [-0.1, -0.05) is 48.3 Å². The second-order valence-corrected chi connectivity index (χ2v) is 12.2. The van der Waals surface area contributed by atoms with Gasteiger partial charge in [0.1, 0.15) is 12.6 Å². The number of carbonyl (C=O) groups excluding carboxylic acids is 2. The Labute approximate surface area is 218 Å². The van der Waals surface area contributed by atoms with Crippen LogP contribution < -0.4 is 9.62 Å². The molecule has 1 atom stereocenters. The van der Waals surface area contributed by atoms with E-state index in [0.717, 1.165) is 22.5 Å². The maximum Gasteiger partial charge on any atom is 0.244 e.